The van der Waals surface area contributed by atoms with Crippen LogP contribution in [0.15, 0.2) is 54.7 Å². The molecular formula is C26H25F3N4O2S. The molecule has 2 heterocycles. The molecule has 1 aliphatic carbocycles. The summed E-state index contributed by atoms with van der Waals surface area (Å²) >= 11 is 0.487. The fourth-order valence-electron chi connectivity index (χ4n) is 4.41. The third-order valence-corrected chi connectivity index (χ3v) is 7.58. The summed E-state index contributed by atoms with van der Waals surface area (Å²) in [4.78, 5) is 33.9. The van der Waals surface area contributed by atoms with Crippen LogP contribution >= 0.6 is 11.3 Å². The van der Waals surface area contributed by atoms with Crippen LogP contribution in [0.3, 0.4) is 0 Å². The van der Waals surface area contributed by atoms with Crippen molar-refractivity contribution >= 4 is 28.8 Å². The van der Waals surface area contributed by atoms with E-state index in [9.17, 15) is 22.8 Å². The summed E-state index contributed by atoms with van der Waals surface area (Å²) in [5, 5.41) is 1.85. The van der Waals surface area contributed by atoms with E-state index in [1.165, 1.54) is 0 Å². The summed E-state index contributed by atoms with van der Waals surface area (Å²) in [6, 6.07) is 14.3. The van der Waals surface area contributed by atoms with Crippen molar-refractivity contribution in [1.29, 1.82) is 0 Å². The van der Waals surface area contributed by atoms with E-state index in [2.05, 4.69) is 15.2 Å². The van der Waals surface area contributed by atoms with Crippen molar-refractivity contribution < 1.29 is 22.8 Å². The van der Waals surface area contributed by atoms with Crippen LogP contribution in [0, 0.1) is 5.92 Å². The first-order chi connectivity index (χ1) is 17.2. The highest BCUT2D eigenvalue weighted by Crippen LogP contribution is 2.39. The molecule has 1 saturated heterocycles. The highest BCUT2D eigenvalue weighted by atomic mass is 32.1. The molecule has 0 spiro atoms. The van der Waals surface area contributed by atoms with Gasteiger partial charge in [-0.1, -0.05) is 30.3 Å². The Labute approximate surface area is 210 Å². The summed E-state index contributed by atoms with van der Waals surface area (Å²) in [5.74, 6) is -0.426. The fraction of sp³-hybridized carbons (Fsp3) is 0.346. The minimum atomic E-state index is -4.58. The van der Waals surface area contributed by atoms with Gasteiger partial charge >= 0.3 is 6.18 Å². The molecule has 188 valence electrons. The summed E-state index contributed by atoms with van der Waals surface area (Å²) in [6.07, 6.45) is -1.79. The van der Waals surface area contributed by atoms with Crippen LogP contribution in [0.1, 0.15) is 39.8 Å². The van der Waals surface area contributed by atoms with Crippen LogP contribution in [0.25, 0.3) is 10.4 Å². The van der Waals surface area contributed by atoms with Gasteiger partial charge in [-0.15, -0.1) is 11.3 Å². The number of thiazole rings is 1. The maximum absolute atomic E-state index is 13.9. The number of carbonyl (C=O) groups is 2. The lowest BCUT2D eigenvalue weighted by atomic mass is 9.99. The predicted molar refractivity (Wildman–Crippen MR) is 132 cm³/mol. The van der Waals surface area contributed by atoms with E-state index in [4.69, 9.17) is 0 Å². The lowest BCUT2D eigenvalue weighted by Gasteiger charge is -2.40. The number of hydrogen-bond acceptors (Lipinski definition) is 5. The number of hydrogen-bond donors (Lipinski definition) is 1. The largest absolute Gasteiger partial charge is 0.443 e. The van der Waals surface area contributed by atoms with Crippen molar-refractivity contribution in [2.24, 2.45) is 5.92 Å². The number of nitrogens with one attached hydrogen (secondary N) is 1. The molecule has 1 unspecified atom stereocenters. The predicted octanol–water partition coefficient (Wildman–Crippen LogP) is 5.31. The second-order valence-electron chi connectivity index (χ2n) is 9.24. The number of alkyl halides is 3. The van der Waals surface area contributed by atoms with Crippen molar-refractivity contribution in [3.63, 3.8) is 0 Å². The smallest absolute Gasteiger partial charge is 0.329 e. The van der Waals surface area contributed by atoms with E-state index in [-0.39, 0.29) is 34.2 Å². The van der Waals surface area contributed by atoms with Gasteiger partial charge in [0.25, 0.3) is 5.91 Å². The first-order valence-corrected chi connectivity index (χ1v) is 12.5. The highest BCUT2D eigenvalue weighted by Gasteiger charge is 2.36. The van der Waals surface area contributed by atoms with Gasteiger partial charge in [0.1, 0.15) is 0 Å². The lowest BCUT2D eigenvalue weighted by Crippen LogP contribution is -2.49. The van der Waals surface area contributed by atoms with Gasteiger partial charge in [-0.3, -0.25) is 9.59 Å². The van der Waals surface area contributed by atoms with Crippen LogP contribution in [0.5, 0.6) is 0 Å². The molecule has 1 atom stereocenters. The van der Waals surface area contributed by atoms with E-state index >= 15 is 0 Å². The van der Waals surface area contributed by atoms with Gasteiger partial charge in [-0.05, 0) is 43.7 Å². The van der Waals surface area contributed by atoms with E-state index in [1.807, 2.05) is 37.4 Å². The molecule has 2 amide bonds. The fourth-order valence-corrected chi connectivity index (χ4v) is 5.22. The van der Waals surface area contributed by atoms with Gasteiger partial charge in [-0.2, -0.15) is 13.2 Å². The zero-order valence-electron chi connectivity index (χ0n) is 19.6. The molecule has 1 aliphatic heterocycles. The Morgan fingerprint density at radius 3 is 2.50 bits per heavy atom. The van der Waals surface area contributed by atoms with Crippen LogP contribution in [-0.4, -0.2) is 53.3 Å². The van der Waals surface area contributed by atoms with E-state index in [0.29, 0.717) is 42.2 Å². The van der Waals surface area contributed by atoms with E-state index in [1.54, 1.807) is 23.1 Å². The van der Waals surface area contributed by atoms with Crippen LogP contribution < -0.4 is 5.32 Å². The molecule has 1 aromatic heterocycles. The number of anilines is 1. The molecule has 6 nitrogen and oxygen atoms in total. The molecule has 0 bridgehead atoms. The zero-order chi connectivity index (χ0) is 25.4. The molecule has 1 saturated carbocycles. The van der Waals surface area contributed by atoms with Crippen molar-refractivity contribution in [2.75, 3.05) is 32.0 Å². The number of piperazine rings is 1. The number of carbonyl (C=O) groups excluding carboxylic acids is 2. The SMILES string of the molecule is CN1CCN(C(=O)c2ccc(NC(=O)C3CC3)cc2-c2cnc(C(F)(F)F)s2)C(c2ccccc2)C1. The lowest BCUT2D eigenvalue weighted by molar-refractivity contribution is -0.137. The topological polar surface area (TPSA) is 65.5 Å². The average Bonchev–Trinajstić information content (AvgIpc) is 3.59. The third-order valence-electron chi connectivity index (χ3n) is 6.51. The van der Waals surface area contributed by atoms with Crippen molar-refractivity contribution in [3.05, 3.63) is 70.9 Å². The highest BCUT2D eigenvalue weighted by molar-refractivity contribution is 7.15. The van der Waals surface area contributed by atoms with Crippen LogP contribution in [-0.2, 0) is 11.0 Å². The minimum absolute atomic E-state index is 0.0352. The normalized spacial score (nSPS) is 18.8. The molecule has 2 aromatic carbocycles. The molecule has 10 heteroatoms. The van der Waals surface area contributed by atoms with E-state index in [0.717, 1.165) is 24.6 Å². The number of likely N-dealkylation sites (N-methyl/N-ethyl adjacent to an activating group) is 1. The molecule has 3 aromatic rings. The Bertz CT molecular complexity index is 1270. The van der Waals surface area contributed by atoms with Gasteiger partial charge < -0.3 is 15.1 Å². The molecule has 5 rings (SSSR count). The summed E-state index contributed by atoms with van der Waals surface area (Å²) in [7, 11) is 2.00. The Kier molecular flexibility index (Phi) is 6.57. The van der Waals surface area contributed by atoms with Crippen molar-refractivity contribution in [3.8, 4) is 10.4 Å². The van der Waals surface area contributed by atoms with Gasteiger partial charge in [-0.25, -0.2) is 4.98 Å². The van der Waals surface area contributed by atoms with Gasteiger partial charge in [0.05, 0.1) is 10.9 Å². The second-order valence-corrected chi connectivity index (χ2v) is 10.3. The third kappa shape index (κ3) is 5.15. The Hall–Kier alpha value is -3.24. The first-order valence-electron chi connectivity index (χ1n) is 11.7. The number of rotatable bonds is 5. The van der Waals surface area contributed by atoms with Gasteiger partial charge in [0, 0.05) is 48.6 Å². The number of halogens is 3. The second kappa shape index (κ2) is 9.67. The maximum Gasteiger partial charge on any atom is 0.443 e. The van der Waals surface area contributed by atoms with Gasteiger partial charge in [0.15, 0.2) is 5.01 Å². The standard InChI is InChI=1S/C26H25F3N4O2S/c1-32-11-12-33(21(15-32)16-5-3-2-4-6-16)24(35)19-10-9-18(31-23(34)17-7-8-17)13-20(19)22-14-30-25(36-22)26(27,28)29/h2-6,9-10,13-14,17,21H,7-8,11-12,15H2,1H3,(H,31,34). The molecule has 2 fully saturated rings. The number of benzene rings is 2. The molecule has 2 aliphatic rings. The monoisotopic (exact) mass is 514 g/mol. The van der Waals surface area contributed by atoms with Crippen LogP contribution in [0.4, 0.5) is 18.9 Å². The summed E-state index contributed by atoms with van der Waals surface area (Å²) in [5.41, 5.74) is 2.04. The Balaban J connectivity index is 1.53. The first kappa shape index (κ1) is 24.5. The molecular weight excluding hydrogens is 489 g/mol. The molecule has 0 radical (unpaired) electrons. The van der Waals surface area contributed by atoms with Crippen molar-refractivity contribution in [1.82, 2.24) is 14.8 Å². The number of amides is 2. The number of aromatic nitrogens is 1. The van der Waals surface area contributed by atoms with Gasteiger partial charge in [0.2, 0.25) is 5.91 Å². The molecule has 1 N–H and O–H groups in total. The summed E-state index contributed by atoms with van der Waals surface area (Å²) < 4.78 is 39.9. The maximum atomic E-state index is 13.9. The molecule has 36 heavy (non-hydrogen) atoms. The Morgan fingerprint density at radius 2 is 1.83 bits per heavy atom. The summed E-state index contributed by atoms with van der Waals surface area (Å²) in [6.45, 7) is 1.79. The minimum Gasteiger partial charge on any atom is -0.329 e. The quantitative estimate of drug-likeness (QED) is 0.502. The average molecular weight is 515 g/mol. The Morgan fingerprint density at radius 1 is 1.08 bits per heavy atom. The zero-order valence-corrected chi connectivity index (χ0v) is 20.4. The van der Waals surface area contributed by atoms with Crippen molar-refractivity contribution in [2.45, 2.75) is 25.1 Å². The van der Waals surface area contributed by atoms with Crippen LogP contribution in [0.2, 0.25) is 0 Å². The van der Waals surface area contributed by atoms with E-state index < -0.39 is 11.2 Å². The number of nitrogens with zero attached hydrogens (tertiary/aromatic N) is 3.